The summed E-state index contributed by atoms with van der Waals surface area (Å²) in [5.74, 6) is 0.639. The highest BCUT2D eigenvalue weighted by Gasteiger charge is 2.01. The molecule has 0 heterocycles. The molecule has 0 aliphatic heterocycles. The van der Waals surface area contributed by atoms with E-state index in [1.807, 2.05) is 0 Å². The van der Waals surface area contributed by atoms with Crippen LogP contribution in [0.2, 0.25) is 5.02 Å². The van der Waals surface area contributed by atoms with Gasteiger partial charge >= 0.3 is 0 Å². The van der Waals surface area contributed by atoms with Crippen LogP contribution in [0.15, 0.2) is 24.3 Å². The maximum absolute atomic E-state index is 9.11. The summed E-state index contributed by atoms with van der Waals surface area (Å²) >= 11 is 5.73. The van der Waals surface area contributed by atoms with Gasteiger partial charge in [-0.2, -0.15) is 0 Å². The van der Waals surface area contributed by atoms with Crippen LogP contribution in [0.4, 0.5) is 0 Å². The predicted molar refractivity (Wildman–Crippen MR) is 64.8 cm³/mol. The summed E-state index contributed by atoms with van der Waals surface area (Å²) in [5, 5.41) is 17.3. The molecule has 16 heavy (non-hydrogen) atoms. The Morgan fingerprint density at radius 1 is 1.50 bits per heavy atom. The van der Waals surface area contributed by atoms with Crippen molar-refractivity contribution in [2.24, 2.45) is 5.73 Å². The van der Waals surface area contributed by atoms with Crippen molar-refractivity contribution in [3.05, 3.63) is 29.3 Å². The zero-order valence-corrected chi connectivity index (χ0v) is 10.0. The van der Waals surface area contributed by atoms with E-state index < -0.39 is 6.10 Å². The van der Waals surface area contributed by atoms with E-state index in [0.29, 0.717) is 10.8 Å². The molecule has 0 saturated heterocycles. The molecule has 4 nitrogen and oxygen atoms in total. The molecule has 0 fully saturated rings. The standard InChI is InChI=1S/C9H12ClNO2.C2H6O/c10-7-2-1-3-9(4-7)13-6-8(12)5-11;1-2-3/h1-4,8,12H,5-6,11H2;3H,2H2,1H3. The fraction of sp³-hybridized carbons (Fsp3) is 0.455. The first kappa shape index (κ1) is 15.2. The van der Waals surface area contributed by atoms with Crippen molar-refractivity contribution >= 4 is 11.6 Å². The van der Waals surface area contributed by atoms with Gasteiger partial charge in [0.1, 0.15) is 18.5 Å². The van der Waals surface area contributed by atoms with Gasteiger partial charge in [0.05, 0.1) is 0 Å². The second-order valence-corrected chi connectivity index (χ2v) is 3.41. The van der Waals surface area contributed by atoms with Crippen LogP contribution in [0, 0.1) is 0 Å². The largest absolute Gasteiger partial charge is 0.491 e. The second kappa shape index (κ2) is 9.42. The van der Waals surface area contributed by atoms with Crippen molar-refractivity contribution in [3.8, 4) is 5.75 Å². The summed E-state index contributed by atoms with van der Waals surface area (Å²) in [6.07, 6.45) is -0.626. The SMILES string of the molecule is CCO.NCC(O)COc1cccc(Cl)c1. The quantitative estimate of drug-likeness (QED) is 0.743. The number of benzene rings is 1. The van der Waals surface area contributed by atoms with Crippen LogP contribution in [-0.2, 0) is 0 Å². The van der Waals surface area contributed by atoms with Crippen molar-refractivity contribution in [3.63, 3.8) is 0 Å². The molecule has 0 aliphatic carbocycles. The number of nitrogens with two attached hydrogens (primary N) is 1. The van der Waals surface area contributed by atoms with E-state index in [9.17, 15) is 0 Å². The van der Waals surface area contributed by atoms with Crippen LogP contribution >= 0.6 is 11.6 Å². The summed E-state index contributed by atoms with van der Waals surface area (Å²) in [5.41, 5.74) is 5.21. The Balaban J connectivity index is 0.000000673. The summed E-state index contributed by atoms with van der Waals surface area (Å²) in [6.45, 7) is 2.32. The summed E-state index contributed by atoms with van der Waals surface area (Å²) in [6, 6.07) is 7.00. The molecular formula is C11H18ClNO3. The van der Waals surface area contributed by atoms with E-state index in [-0.39, 0.29) is 19.8 Å². The Hall–Kier alpha value is -0.810. The first-order valence-corrected chi connectivity index (χ1v) is 5.39. The van der Waals surface area contributed by atoms with Crippen LogP contribution in [0.1, 0.15) is 6.92 Å². The molecule has 0 spiro atoms. The van der Waals surface area contributed by atoms with Gasteiger partial charge in [-0.3, -0.25) is 0 Å². The van der Waals surface area contributed by atoms with Gasteiger partial charge in [0.15, 0.2) is 0 Å². The fourth-order valence-electron chi connectivity index (χ4n) is 0.817. The maximum Gasteiger partial charge on any atom is 0.120 e. The molecule has 1 rings (SSSR count). The molecule has 92 valence electrons. The number of hydrogen-bond donors (Lipinski definition) is 3. The van der Waals surface area contributed by atoms with Crippen LogP contribution in [0.25, 0.3) is 0 Å². The lowest BCUT2D eigenvalue weighted by Gasteiger charge is -2.09. The van der Waals surface area contributed by atoms with E-state index >= 15 is 0 Å². The lowest BCUT2D eigenvalue weighted by molar-refractivity contribution is 0.114. The summed E-state index contributed by atoms with van der Waals surface area (Å²) in [7, 11) is 0. The zero-order valence-electron chi connectivity index (χ0n) is 9.27. The Bertz CT molecular complexity index is 284. The van der Waals surface area contributed by atoms with Gasteiger partial charge in [0.2, 0.25) is 0 Å². The predicted octanol–water partition coefficient (Wildman–Crippen LogP) is 1.04. The third-order valence-corrected chi connectivity index (χ3v) is 1.75. The molecule has 0 radical (unpaired) electrons. The van der Waals surface area contributed by atoms with E-state index in [1.54, 1.807) is 31.2 Å². The molecule has 1 aromatic carbocycles. The van der Waals surface area contributed by atoms with Gasteiger partial charge in [-0.1, -0.05) is 17.7 Å². The van der Waals surface area contributed by atoms with E-state index in [1.165, 1.54) is 0 Å². The van der Waals surface area contributed by atoms with Crippen LogP contribution in [0.5, 0.6) is 5.75 Å². The van der Waals surface area contributed by atoms with Crippen molar-refractivity contribution in [1.29, 1.82) is 0 Å². The number of aliphatic hydroxyl groups excluding tert-OH is 2. The monoisotopic (exact) mass is 247 g/mol. The molecule has 1 aromatic rings. The number of aliphatic hydroxyl groups is 2. The minimum absolute atomic E-state index is 0.191. The van der Waals surface area contributed by atoms with Gasteiger partial charge in [0.25, 0.3) is 0 Å². The van der Waals surface area contributed by atoms with Crippen molar-refractivity contribution in [1.82, 2.24) is 0 Å². The number of hydrogen-bond acceptors (Lipinski definition) is 4. The molecule has 0 saturated carbocycles. The molecule has 1 atom stereocenters. The molecule has 1 unspecified atom stereocenters. The Labute approximate surface area is 101 Å². The van der Waals surface area contributed by atoms with Crippen LogP contribution in [-0.4, -0.2) is 36.1 Å². The normalized spacial score (nSPS) is 11.3. The first-order chi connectivity index (χ1) is 7.63. The lowest BCUT2D eigenvalue weighted by Crippen LogP contribution is -2.26. The third-order valence-electron chi connectivity index (χ3n) is 1.51. The molecule has 0 aromatic heterocycles. The minimum atomic E-state index is -0.626. The second-order valence-electron chi connectivity index (χ2n) is 2.97. The summed E-state index contributed by atoms with van der Waals surface area (Å²) < 4.78 is 5.23. The molecule has 0 aliphatic rings. The third kappa shape index (κ3) is 7.48. The van der Waals surface area contributed by atoms with Crippen LogP contribution < -0.4 is 10.5 Å². The van der Waals surface area contributed by atoms with E-state index in [0.717, 1.165) is 0 Å². The highest BCUT2D eigenvalue weighted by molar-refractivity contribution is 6.30. The van der Waals surface area contributed by atoms with Gasteiger partial charge in [0, 0.05) is 18.2 Å². The van der Waals surface area contributed by atoms with Gasteiger partial charge < -0.3 is 20.7 Å². The minimum Gasteiger partial charge on any atom is -0.491 e. The Morgan fingerprint density at radius 2 is 2.12 bits per heavy atom. The Kier molecular flexibility index (Phi) is 8.94. The van der Waals surface area contributed by atoms with Crippen LogP contribution in [0.3, 0.4) is 0 Å². The number of rotatable bonds is 4. The Morgan fingerprint density at radius 3 is 2.62 bits per heavy atom. The van der Waals surface area contributed by atoms with Gasteiger partial charge in [-0.15, -0.1) is 0 Å². The molecular weight excluding hydrogens is 230 g/mol. The first-order valence-electron chi connectivity index (χ1n) is 5.01. The number of ether oxygens (including phenoxy) is 1. The zero-order chi connectivity index (χ0) is 12.4. The molecule has 4 N–H and O–H groups in total. The molecule has 0 amide bonds. The topological polar surface area (TPSA) is 75.7 Å². The highest BCUT2D eigenvalue weighted by Crippen LogP contribution is 2.16. The number of halogens is 1. The smallest absolute Gasteiger partial charge is 0.120 e. The average Bonchev–Trinajstić information content (AvgIpc) is 2.27. The van der Waals surface area contributed by atoms with E-state index in [4.69, 9.17) is 32.3 Å². The van der Waals surface area contributed by atoms with Gasteiger partial charge in [-0.05, 0) is 25.1 Å². The fourth-order valence-corrected chi connectivity index (χ4v) is 0.998. The molecule has 5 heteroatoms. The lowest BCUT2D eigenvalue weighted by atomic mass is 10.3. The maximum atomic E-state index is 9.11. The average molecular weight is 248 g/mol. The van der Waals surface area contributed by atoms with Crippen molar-refractivity contribution < 1.29 is 14.9 Å². The highest BCUT2D eigenvalue weighted by atomic mass is 35.5. The molecule has 0 bridgehead atoms. The van der Waals surface area contributed by atoms with Crippen molar-refractivity contribution in [2.45, 2.75) is 13.0 Å². The van der Waals surface area contributed by atoms with Crippen molar-refractivity contribution in [2.75, 3.05) is 19.8 Å². The van der Waals surface area contributed by atoms with E-state index in [2.05, 4.69) is 0 Å². The summed E-state index contributed by atoms with van der Waals surface area (Å²) in [4.78, 5) is 0. The van der Waals surface area contributed by atoms with Gasteiger partial charge in [-0.25, -0.2) is 0 Å².